The third-order valence-corrected chi connectivity index (χ3v) is 3.47. The molecule has 2 aromatic carbocycles. The number of amides is 1. The van der Waals surface area contributed by atoms with Crippen LogP contribution < -0.4 is 10.6 Å². The first kappa shape index (κ1) is 15.1. The molecule has 0 heterocycles. The normalized spacial score (nSPS) is 11.8. The molecule has 1 amide bonds. The largest absolute Gasteiger partial charge is 0.374 e. The summed E-state index contributed by atoms with van der Waals surface area (Å²) in [5.41, 5.74) is 5.28. The maximum Gasteiger partial charge on any atom is 0.246 e. The van der Waals surface area contributed by atoms with E-state index in [-0.39, 0.29) is 11.9 Å². The third kappa shape index (κ3) is 4.09. The predicted octanol–water partition coefficient (Wildman–Crippen LogP) is 4.05. The molecule has 2 rings (SSSR count). The summed E-state index contributed by atoms with van der Waals surface area (Å²) in [5, 5.41) is 6.18. The van der Waals surface area contributed by atoms with Gasteiger partial charge in [0, 0.05) is 11.4 Å². The van der Waals surface area contributed by atoms with Crippen LogP contribution in [-0.4, -0.2) is 11.9 Å². The minimum Gasteiger partial charge on any atom is -0.374 e. The summed E-state index contributed by atoms with van der Waals surface area (Å²) in [7, 11) is 0. The Kier molecular flexibility index (Phi) is 4.63. The first-order valence-electron chi connectivity index (χ1n) is 7.17. The molecule has 3 heteroatoms. The number of benzene rings is 2. The Hall–Kier alpha value is -2.29. The van der Waals surface area contributed by atoms with E-state index in [1.165, 1.54) is 11.1 Å². The average Bonchev–Trinajstić information content (AvgIpc) is 2.44. The number of nitrogens with one attached hydrogen (secondary N) is 2. The third-order valence-electron chi connectivity index (χ3n) is 3.47. The van der Waals surface area contributed by atoms with E-state index in [0.29, 0.717) is 0 Å². The Bertz CT molecular complexity index is 632. The molecule has 21 heavy (non-hydrogen) atoms. The Morgan fingerprint density at radius 2 is 1.57 bits per heavy atom. The molecule has 0 bridgehead atoms. The second-order valence-corrected chi connectivity index (χ2v) is 5.54. The lowest BCUT2D eigenvalue weighted by Gasteiger charge is -2.16. The van der Waals surface area contributed by atoms with Crippen LogP contribution in [0.2, 0.25) is 0 Å². The number of hydrogen-bond acceptors (Lipinski definition) is 2. The van der Waals surface area contributed by atoms with Crippen LogP contribution in [0.25, 0.3) is 0 Å². The van der Waals surface area contributed by atoms with Gasteiger partial charge in [0.25, 0.3) is 0 Å². The lowest BCUT2D eigenvalue weighted by Crippen LogP contribution is -2.32. The van der Waals surface area contributed by atoms with Crippen LogP contribution in [0.15, 0.2) is 42.5 Å². The van der Waals surface area contributed by atoms with Crippen molar-refractivity contribution < 1.29 is 4.79 Å². The minimum absolute atomic E-state index is 0.0393. The van der Waals surface area contributed by atoms with Gasteiger partial charge in [-0.05, 0) is 51.5 Å². The van der Waals surface area contributed by atoms with E-state index in [1.54, 1.807) is 0 Å². The van der Waals surface area contributed by atoms with Gasteiger partial charge in [0.1, 0.15) is 6.04 Å². The molecule has 1 unspecified atom stereocenters. The summed E-state index contributed by atoms with van der Waals surface area (Å²) in [4.78, 5) is 12.2. The second kappa shape index (κ2) is 6.44. The molecular formula is C18H22N2O. The van der Waals surface area contributed by atoms with Crippen LogP contribution in [0, 0.1) is 20.8 Å². The molecule has 0 aromatic heterocycles. The lowest BCUT2D eigenvalue weighted by atomic mass is 10.1. The zero-order valence-corrected chi connectivity index (χ0v) is 13.0. The fraction of sp³-hybridized carbons (Fsp3) is 0.278. The Labute approximate surface area is 126 Å². The maximum absolute atomic E-state index is 12.2. The molecule has 0 aliphatic heterocycles. The Morgan fingerprint density at radius 3 is 2.19 bits per heavy atom. The molecule has 0 radical (unpaired) electrons. The maximum atomic E-state index is 12.2. The van der Waals surface area contributed by atoms with Gasteiger partial charge < -0.3 is 10.6 Å². The van der Waals surface area contributed by atoms with Gasteiger partial charge in [-0.1, -0.05) is 35.4 Å². The molecule has 0 saturated carbocycles. The first-order valence-corrected chi connectivity index (χ1v) is 7.17. The van der Waals surface area contributed by atoms with Gasteiger partial charge in [0.05, 0.1) is 0 Å². The van der Waals surface area contributed by atoms with Gasteiger partial charge in [-0.3, -0.25) is 4.79 Å². The molecule has 0 aliphatic carbocycles. The molecule has 3 nitrogen and oxygen atoms in total. The standard InChI is InChI=1S/C18H22N2O/c1-12-5-8-16(9-6-12)19-15(4)18(21)20-17-10-7-13(2)11-14(17)3/h5-11,15,19H,1-4H3,(H,20,21). The van der Waals surface area contributed by atoms with Crippen LogP contribution in [0.3, 0.4) is 0 Å². The molecule has 110 valence electrons. The molecule has 0 spiro atoms. The van der Waals surface area contributed by atoms with Crippen molar-refractivity contribution in [3.05, 3.63) is 59.2 Å². The quantitative estimate of drug-likeness (QED) is 0.888. The van der Waals surface area contributed by atoms with Crippen LogP contribution in [-0.2, 0) is 4.79 Å². The lowest BCUT2D eigenvalue weighted by molar-refractivity contribution is -0.116. The number of rotatable bonds is 4. The highest BCUT2D eigenvalue weighted by atomic mass is 16.2. The van der Waals surface area contributed by atoms with Gasteiger partial charge >= 0.3 is 0 Å². The molecule has 0 saturated heterocycles. The minimum atomic E-state index is -0.298. The van der Waals surface area contributed by atoms with Gasteiger partial charge in [-0.15, -0.1) is 0 Å². The monoisotopic (exact) mass is 282 g/mol. The number of aryl methyl sites for hydroxylation is 3. The molecule has 2 aromatic rings. The van der Waals surface area contributed by atoms with E-state index in [9.17, 15) is 4.79 Å². The van der Waals surface area contributed by atoms with Crippen molar-refractivity contribution in [3.8, 4) is 0 Å². The van der Waals surface area contributed by atoms with E-state index in [0.717, 1.165) is 16.9 Å². The Balaban J connectivity index is 2.00. The molecule has 1 atom stereocenters. The average molecular weight is 282 g/mol. The summed E-state index contributed by atoms with van der Waals surface area (Å²) in [6.07, 6.45) is 0. The second-order valence-electron chi connectivity index (χ2n) is 5.54. The van der Waals surface area contributed by atoms with Crippen LogP contribution in [0.1, 0.15) is 23.6 Å². The number of carbonyl (C=O) groups excluding carboxylic acids is 1. The molecular weight excluding hydrogens is 260 g/mol. The Morgan fingerprint density at radius 1 is 0.952 bits per heavy atom. The number of hydrogen-bond donors (Lipinski definition) is 2. The summed E-state index contributed by atoms with van der Waals surface area (Å²) in [6, 6.07) is 13.7. The molecule has 2 N–H and O–H groups in total. The van der Waals surface area contributed by atoms with Crippen molar-refractivity contribution in [1.29, 1.82) is 0 Å². The molecule has 0 aliphatic rings. The van der Waals surface area contributed by atoms with E-state index >= 15 is 0 Å². The topological polar surface area (TPSA) is 41.1 Å². The fourth-order valence-corrected chi connectivity index (χ4v) is 2.16. The number of carbonyl (C=O) groups is 1. The zero-order valence-electron chi connectivity index (χ0n) is 13.0. The summed E-state index contributed by atoms with van der Waals surface area (Å²) in [5.74, 6) is -0.0393. The van der Waals surface area contributed by atoms with Gasteiger partial charge in [-0.25, -0.2) is 0 Å². The van der Waals surface area contributed by atoms with Gasteiger partial charge in [0.2, 0.25) is 5.91 Å². The van der Waals surface area contributed by atoms with E-state index in [4.69, 9.17) is 0 Å². The summed E-state index contributed by atoms with van der Waals surface area (Å²) < 4.78 is 0. The SMILES string of the molecule is Cc1ccc(NC(C)C(=O)Nc2ccc(C)cc2C)cc1. The van der Waals surface area contributed by atoms with Gasteiger partial charge in [-0.2, -0.15) is 0 Å². The van der Waals surface area contributed by atoms with E-state index in [1.807, 2.05) is 64.1 Å². The van der Waals surface area contributed by atoms with Crippen molar-refractivity contribution >= 4 is 17.3 Å². The van der Waals surface area contributed by atoms with Crippen molar-refractivity contribution in [2.24, 2.45) is 0 Å². The molecule has 0 fully saturated rings. The predicted molar refractivity (Wildman–Crippen MR) is 88.8 cm³/mol. The fourth-order valence-electron chi connectivity index (χ4n) is 2.16. The first-order chi connectivity index (χ1) is 9.95. The van der Waals surface area contributed by atoms with Gasteiger partial charge in [0.15, 0.2) is 0 Å². The summed E-state index contributed by atoms with van der Waals surface area (Å²) in [6.45, 7) is 7.94. The van der Waals surface area contributed by atoms with Crippen LogP contribution in [0.5, 0.6) is 0 Å². The highest BCUT2D eigenvalue weighted by Gasteiger charge is 2.13. The highest BCUT2D eigenvalue weighted by Crippen LogP contribution is 2.17. The number of anilines is 2. The van der Waals surface area contributed by atoms with Crippen LogP contribution in [0.4, 0.5) is 11.4 Å². The van der Waals surface area contributed by atoms with Crippen molar-refractivity contribution in [3.63, 3.8) is 0 Å². The van der Waals surface area contributed by atoms with Crippen LogP contribution >= 0.6 is 0 Å². The highest BCUT2D eigenvalue weighted by molar-refractivity contribution is 5.96. The van der Waals surface area contributed by atoms with Crippen molar-refractivity contribution in [2.75, 3.05) is 10.6 Å². The van der Waals surface area contributed by atoms with E-state index in [2.05, 4.69) is 16.7 Å². The zero-order chi connectivity index (χ0) is 15.4. The van der Waals surface area contributed by atoms with E-state index < -0.39 is 0 Å². The smallest absolute Gasteiger partial charge is 0.246 e. The summed E-state index contributed by atoms with van der Waals surface area (Å²) >= 11 is 0. The van der Waals surface area contributed by atoms with Crippen molar-refractivity contribution in [1.82, 2.24) is 0 Å². The van der Waals surface area contributed by atoms with Crippen molar-refractivity contribution in [2.45, 2.75) is 33.7 Å².